The maximum absolute atomic E-state index is 12.8. The monoisotopic (exact) mass is 991 g/mol. The number of unbranched alkanes of at least 4 members (excludes halogenated alkanes) is 12. The van der Waals surface area contributed by atoms with Gasteiger partial charge in [0.25, 0.3) is 0 Å². The van der Waals surface area contributed by atoms with Crippen LogP contribution in [0.3, 0.4) is 0 Å². The van der Waals surface area contributed by atoms with Crippen LogP contribution in [-0.4, -0.2) is 37.2 Å². The van der Waals surface area contributed by atoms with E-state index in [9.17, 15) is 14.4 Å². The van der Waals surface area contributed by atoms with Crippen molar-refractivity contribution in [2.75, 3.05) is 13.2 Å². The van der Waals surface area contributed by atoms with Crippen molar-refractivity contribution in [1.29, 1.82) is 0 Å². The van der Waals surface area contributed by atoms with Gasteiger partial charge in [-0.1, -0.05) is 237 Å². The minimum Gasteiger partial charge on any atom is -0.462 e. The standard InChI is InChI=1S/C66H102O6/c1-4-7-10-13-16-19-21-23-25-27-29-31-33-35-37-39-41-43-45-47-50-53-56-59-65(68)71-62-63(61-70-64(67)58-55-52-49-18-15-12-9-6-3)72-66(69)60-57-54-51-48-46-44-42-40-38-36-34-32-30-28-26-24-22-20-17-14-11-8-5-2/h7-8,10-11,16-17,19-20,23-26,29-32,35-38,41-44,47,50,63H,4-6,9,12-15,18,21-22,27-28,33-34,39-40,45-46,48-49,51-62H2,1-3H3/b10-7-,11-8-,19-16-,20-17-,25-23-,26-24-,31-29-,32-30-,37-35-,38-36-,43-41-,44-42-,50-47-. The van der Waals surface area contributed by atoms with Crippen LogP contribution >= 0.6 is 0 Å². The first-order valence-corrected chi connectivity index (χ1v) is 28.5. The Hall–Kier alpha value is -4.97. The zero-order valence-electron chi connectivity index (χ0n) is 45.9. The van der Waals surface area contributed by atoms with Crippen LogP contribution in [0.15, 0.2) is 158 Å². The fourth-order valence-electron chi connectivity index (χ4n) is 7.08. The lowest BCUT2D eigenvalue weighted by Crippen LogP contribution is -2.30. The molecule has 0 aromatic carbocycles. The topological polar surface area (TPSA) is 78.9 Å². The molecule has 6 heteroatoms. The summed E-state index contributed by atoms with van der Waals surface area (Å²) in [5.74, 6) is -1.01. The number of carbonyl (C=O) groups is 3. The van der Waals surface area contributed by atoms with Crippen molar-refractivity contribution < 1.29 is 28.6 Å². The summed E-state index contributed by atoms with van der Waals surface area (Å²) in [5, 5.41) is 0. The molecule has 72 heavy (non-hydrogen) atoms. The van der Waals surface area contributed by atoms with Crippen LogP contribution in [0, 0.1) is 0 Å². The smallest absolute Gasteiger partial charge is 0.306 e. The highest BCUT2D eigenvalue weighted by Gasteiger charge is 2.19. The molecule has 0 saturated carbocycles. The van der Waals surface area contributed by atoms with E-state index in [0.717, 1.165) is 141 Å². The number of hydrogen-bond acceptors (Lipinski definition) is 6. The molecule has 0 aromatic heterocycles. The average molecular weight is 992 g/mol. The van der Waals surface area contributed by atoms with E-state index in [1.807, 2.05) is 0 Å². The van der Waals surface area contributed by atoms with Crippen LogP contribution in [0.5, 0.6) is 0 Å². The summed E-state index contributed by atoms with van der Waals surface area (Å²) in [6.07, 6.45) is 85.3. The third-order valence-corrected chi connectivity index (χ3v) is 11.3. The molecule has 0 aliphatic carbocycles. The number of esters is 3. The van der Waals surface area contributed by atoms with Crippen LogP contribution < -0.4 is 0 Å². The van der Waals surface area contributed by atoms with Gasteiger partial charge in [-0.15, -0.1) is 0 Å². The quantitative estimate of drug-likeness (QED) is 0.0262. The van der Waals surface area contributed by atoms with E-state index in [-0.39, 0.29) is 44.0 Å². The summed E-state index contributed by atoms with van der Waals surface area (Å²) in [4.78, 5) is 38.0. The minimum absolute atomic E-state index is 0.113. The molecular formula is C66H102O6. The fourth-order valence-corrected chi connectivity index (χ4v) is 7.08. The molecule has 0 heterocycles. The number of allylic oxidation sites excluding steroid dienone is 26. The Morgan fingerprint density at radius 2 is 0.556 bits per heavy atom. The summed E-state index contributed by atoms with van der Waals surface area (Å²) in [6, 6.07) is 0. The summed E-state index contributed by atoms with van der Waals surface area (Å²) < 4.78 is 16.7. The maximum atomic E-state index is 12.8. The third kappa shape index (κ3) is 56.0. The van der Waals surface area contributed by atoms with Crippen molar-refractivity contribution in [3.63, 3.8) is 0 Å². The normalized spacial score (nSPS) is 13.3. The maximum Gasteiger partial charge on any atom is 0.306 e. The first-order valence-electron chi connectivity index (χ1n) is 28.5. The summed E-state index contributed by atoms with van der Waals surface area (Å²) in [5.41, 5.74) is 0. The van der Waals surface area contributed by atoms with E-state index in [4.69, 9.17) is 14.2 Å². The van der Waals surface area contributed by atoms with E-state index in [1.54, 1.807) is 0 Å². The van der Waals surface area contributed by atoms with Gasteiger partial charge in [-0.2, -0.15) is 0 Å². The van der Waals surface area contributed by atoms with Crippen LogP contribution in [0.1, 0.15) is 220 Å². The Kier molecular flexibility index (Phi) is 54.6. The van der Waals surface area contributed by atoms with Crippen molar-refractivity contribution in [3.05, 3.63) is 158 Å². The second-order valence-electron chi connectivity index (χ2n) is 18.1. The highest BCUT2D eigenvalue weighted by Crippen LogP contribution is 2.12. The molecule has 0 amide bonds. The Morgan fingerprint density at radius 1 is 0.292 bits per heavy atom. The highest BCUT2D eigenvalue weighted by molar-refractivity contribution is 5.71. The number of ether oxygens (including phenoxy) is 3. The molecular weight excluding hydrogens is 889 g/mol. The van der Waals surface area contributed by atoms with Crippen molar-refractivity contribution in [2.45, 2.75) is 226 Å². The molecule has 0 aromatic rings. The summed E-state index contributed by atoms with van der Waals surface area (Å²) in [7, 11) is 0. The molecule has 0 radical (unpaired) electrons. The van der Waals surface area contributed by atoms with Gasteiger partial charge >= 0.3 is 17.9 Å². The molecule has 1 unspecified atom stereocenters. The number of hydrogen-bond donors (Lipinski definition) is 0. The Labute approximate surface area is 441 Å². The van der Waals surface area contributed by atoms with Crippen molar-refractivity contribution in [1.82, 2.24) is 0 Å². The average Bonchev–Trinajstić information content (AvgIpc) is 3.38. The Bertz CT molecular complexity index is 1660. The number of carbonyl (C=O) groups excluding carboxylic acids is 3. The van der Waals surface area contributed by atoms with Gasteiger partial charge in [0.1, 0.15) is 13.2 Å². The zero-order valence-corrected chi connectivity index (χ0v) is 45.9. The predicted molar refractivity (Wildman–Crippen MR) is 311 cm³/mol. The summed E-state index contributed by atoms with van der Waals surface area (Å²) in [6.45, 7) is 6.29. The second-order valence-corrected chi connectivity index (χ2v) is 18.1. The van der Waals surface area contributed by atoms with Gasteiger partial charge < -0.3 is 14.2 Å². The van der Waals surface area contributed by atoms with E-state index in [2.05, 4.69) is 179 Å². The van der Waals surface area contributed by atoms with E-state index < -0.39 is 6.10 Å². The molecule has 0 aliphatic rings. The van der Waals surface area contributed by atoms with Gasteiger partial charge in [0.05, 0.1) is 0 Å². The van der Waals surface area contributed by atoms with Gasteiger partial charge in [-0.05, 0) is 122 Å². The SMILES string of the molecule is CC/C=C\C/C=C\C/C=C\C/C=C\C/C=C\C/C=C\C/C=C\CCCC(=O)OCC(COC(=O)CCCCCCCCCC)OC(=O)CCCCCC/C=C\C/C=C\C/C=C\C/C=C\C/C=C\C/C=C\CC. The molecule has 0 fully saturated rings. The van der Waals surface area contributed by atoms with E-state index in [1.165, 1.54) is 32.1 Å². The predicted octanol–water partition coefficient (Wildman–Crippen LogP) is 19.4. The Balaban J connectivity index is 4.45. The minimum atomic E-state index is -0.821. The van der Waals surface area contributed by atoms with Crippen molar-refractivity contribution in [3.8, 4) is 0 Å². The van der Waals surface area contributed by atoms with Crippen LogP contribution in [-0.2, 0) is 28.6 Å². The van der Waals surface area contributed by atoms with Gasteiger partial charge in [0.2, 0.25) is 0 Å². The van der Waals surface area contributed by atoms with Gasteiger partial charge in [-0.25, -0.2) is 0 Å². The molecule has 0 rings (SSSR count). The molecule has 0 spiro atoms. The second kappa shape index (κ2) is 58.6. The Morgan fingerprint density at radius 3 is 0.903 bits per heavy atom. The molecule has 0 N–H and O–H groups in total. The van der Waals surface area contributed by atoms with E-state index in [0.29, 0.717) is 12.8 Å². The molecule has 6 nitrogen and oxygen atoms in total. The molecule has 402 valence electrons. The van der Waals surface area contributed by atoms with Crippen LogP contribution in [0.4, 0.5) is 0 Å². The largest absolute Gasteiger partial charge is 0.462 e. The van der Waals surface area contributed by atoms with Crippen molar-refractivity contribution >= 4 is 17.9 Å². The summed E-state index contributed by atoms with van der Waals surface area (Å²) >= 11 is 0. The van der Waals surface area contributed by atoms with Crippen molar-refractivity contribution in [2.24, 2.45) is 0 Å². The highest BCUT2D eigenvalue weighted by atomic mass is 16.6. The fraction of sp³-hybridized carbons (Fsp3) is 0.561. The van der Waals surface area contributed by atoms with Gasteiger partial charge in [0.15, 0.2) is 6.10 Å². The molecule has 0 bridgehead atoms. The van der Waals surface area contributed by atoms with Crippen LogP contribution in [0.2, 0.25) is 0 Å². The van der Waals surface area contributed by atoms with Gasteiger partial charge in [-0.3, -0.25) is 14.4 Å². The van der Waals surface area contributed by atoms with Gasteiger partial charge in [0, 0.05) is 19.3 Å². The van der Waals surface area contributed by atoms with E-state index >= 15 is 0 Å². The van der Waals surface area contributed by atoms with Crippen LogP contribution in [0.25, 0.3) is 0 Å². The molecule has 1 atom stereocenters. The first-order chi connectivity index (χ1) is 35.5. The first kappa shape index (κ1) is 67.0. The third-order valence-electron chi connectivity index (χ3n) is 11.3. The zero-order chi connectivity index (χ0) is 52.2. The molecule has 0 saturated heterocycles. The lowest BCUT2D eigenvalue weighted by molar-refractivity contribution is -0.167. The lowest BCUT2D eigenvalue weighted by atomic mass is 10.1. The molecule has 0 aliphatic heterocycles. The lowest BCUT2D eigenvalue weighted by Gasteiger charge is -2.18. The number of rotatable bonds is 49.